The average molecular weight is 236 g/mol. The summed E-state index contributed by atoms with van der Waals surface area (Å²) in [6.45, 7) is 0.262. The third kappa shape index (κ3) is 2.50. The molecule has 1 amide bonds. The highest BCUT2D eigenvalue weighted by Gasteiger charge is 2.14. The van der Waals surface area contributed by atoms with Gasteiger partial charge in [-0.2, -0.15) is 0 Å². The van der Waals surface area contributed by atoms with Gasteiger partial charge in [0, 0.05) is 18.9 Å². The molecule has 5 heteroatoms. The SMILES string of the molecule is O=C(NCc1cc[nH]c1)c1cccc(F)c1F. The minimum atomic E-state index is -1.13. The third-order valence-electron chi connectivity index (χ3n) is 2.31. The van der Waals surface area contributed by atoms with E-state index in [1.54, 1.807) is 18.5 Å². The lowest BCUT2D eigenvalue weighted by Crippen LogP contribution is -2.23. The Bertz CT molecular complexity index is 523. The minimum absolute atomic E-state index is 0.262. The lowest BCUT2D eigenvalue weighted by atomic mass is 10.2. The van der Waals surface area contributed by atoms with Crippen molar-refractivity contribution in [1.29, 1.82) is 0 Å². The molecule has 2 N–H and O–H groups in total. The Balaban J connectivity index is 2.07. The summed E-state index contributed by atoms with van der Waals surface area (Å²) in [5, 5.41) is 2.50. The van der Waals surface area contributed by atoms with Gasteiger partial charge in [0.25, 0.3) is 5.91 Å². The molecule has 0 spiro atoms. The Morgan fingerprint density at radius 2 is 2.12 bits per heavy atom. The highest BCUT2D eigenvalue weighted by molar-refractivity contribution is 5.94. The molecular formula is C12H10F2N2O. The van der Waals surface area contributed by atoms with Crippen LogP contribution in [0.25, 0.3) is 0 Å². The van der Waals surface area contributed by atoms with Gasteiger partial charge in [-0.3, -0.25) is 4.79 Å². The number of aromatic nitrogens is 1. The molecular weight excluding hydrogens is 226 g/mol. The molecule has 0 radical (unpaired) electrons. The second kappa shape index (κ2) is 4.78. The number of rotatable bonds is 3. The highest BCUT2D eigenvalue weighted by Crippen LogP contribution is 2.11. The number of nitrogens with one attached hydrogen (secondary N) is 2. The van der Waals surface area contributed by atoms with Crippen LogP contribution in [0.15, 0.2) is 36.7 Å². The van der Waals surface area contributed by atoms with Crippen molar-refractivity contribution >= 4 is 5.91 Å². The van der Waals surface area contributed by atoms with Crippen LogP contribution in [-0.4, -0.2) is 10.9 Å². The van der Waals surface area contributed by atoms with Crippen LogP contribution < -0.4 is 5.32 Å². The maximum absolute atomic E-state index is 13.3. The maximum atomic E-state index is 13.3. The summed E-state index contributed by atoms with van der Waals surface area (Å²) in [5.74, 6) is -2.79. The van der Waals surface area contributed by atoms with Crippen molar-refractivity contribution in [2.24, 2.45) is 0 Å². The molecule has 0 saturated carbocycles. The number of halogens is 2. The lowest BCUT2D eigenvalue weighted by molar-refractivity contribution is 0.0946. The van der Waals surface area contributed by atoms with Gasteiger partial charge in [0.2, 0.25) is 0 Å². The van der Waals surface area contributed by atoms with Crippen molar-refractivity contribution < 1.29 is 13.6 Å². The molecule has 0 bridgehead atoms. The van der Waals surface area contributed by atoms with Gasteiger partial charge in [0.05, 0.1) is 5.56 Å². The van der Waals surface area contributed by atoms with Crippen LogP contribution in [0.5, 0.6) is 0 Å². The zero-order valence-electron chi connectivity index (χ0n) is 8.84. The number of hydrogen-bond acceptors (Lipinski definition) is 1. The zero-order chi connectivity index (χ0) is 12.3. The molecule has 3 nitrogen and oxygen atoms in total. The van der Waals surface area contributed by atoms with Crippen molar-refractivity contribution in [3.63, 3.8) is 0 Å². The molecule has 2 aromatic rings. The number of H-pyrrole nitrogens is 1. The van der Waals surface area contributed by atoms with Gasteiger partial charge in [-0.25, -0.2) is 8.78 Å². The Hall–Kier alpha value is -2.17. The van der Waals surface area contributed by atoms with Crippen LogP contribution in [0.4, 0.5) is 8.78 Å². The van der Waals surface area contributed by atoms with Crippen molar-refractivity contribution in [2.75, 3.05) is 0 Å². The van der Waals surface area contributed by atoms with Gasteiger partial charge in [-0.15, -0.1) is 0 Å². The van der Waals surface area contributed by atoms with Gasteiger partial charge in [0.15, 0.2) is 11.6 Å². The molecule has 0 saturated heterocycles. The number of amides is 1. The first kappa shape index (κ1) is 11.3. The molecule has 1 aromatic heterocycles. The molecule has 0 unspecified atom stereocenters. The normalized spacial score (nSPS) is 10.2. The number of aromatic amines is 1. The topological polar surface area (TPSA) is 44.9 Å². The first-order chi connectivity index (χ1) is 8.18. The van der Waals surface area contributed by atoms with E-state index < -0.39 is 17.5 Å². The summed E-state index contributed by atoms with van der Waals surface area (Å²) in [7, 11) is 0. The van der Waals surface area contributed by atoms with E-state index in [1.807, 2.05) is 0 Å². The van der Waals surface area contributed by atoms with Crippen LogP contribution in [-0.2, 0) is 6.54 Å². The predicted molar refractivity (Wildman–Crippen MR) is 58.3 cm³/mol. The summed E-state index contributed by atoms with van der Waals surface area (Å²) in [4.78, 5) is 14.4. The van der Waals surface area contributed by atoms with Gasteiger partial charge < -0.3 is 10.3 Å². The quantitative estimate of drug-likeness (QED) is 0.843. The van der Waals surface area contributed by atoms with Crippen LogP contribution in [0.3, 0.4) is 0 Å². The summed E-state index contributed by atoms with van der Waals surface area (Å²) >= 11 is 0. The van der Waals surface area contributed by atoms with Crippen LogP contribution in [0.1, 0.15) is 15.9 Å². The first-order valence-electron chi connectivity index (χ1n) is 5.02. The first-order valence-corrected chi connectivity index (χ1v) is 5.02. The third-order valence-corrected chi connectivity index (χ3v) is 2.31. The van der Waals surface area contributed by atoms with Gasteiger partial charge in [-0.05, 0) is 23.8 Å². The number of carbonyl (C=O) groups excluding carboxylic acids is 1. The fourth-order valence-corrected chi connectivity index (χ4v) is 1.43. The van der Waals surface area contributed by atoms with Crippen LogP contribution in [0, 0.1) is 11.6 Å². The lowest BCUT2D eigenvalue weighted by Gasteiger charge is -2.05. The van der Waals surface area contributed by atoms with Crippen molar-refractivity contribution in [2.45, 2.75) is 6.54 Å². The summed E-state index contributed by atoms with van der Waals surface area (Å²) in [5.41, 5.74) is 0.565. The second-order valence-corrected chi connectivity index (χ2v) is 3.50. The zero-order valence-corrected chi connectivity index (χ0v) is 8.84. The molecule has 17 heavy (non-hydrogen) atoms. The Labute approximate surface area is 96.5 Å². The Kier molecular flexibility index (Phi) is 3.18. The van der Waals surface area contributed by atoms with Crippen molar-refractivity contribution in [1.82, 2.24) is 10.3 Å². The number of benzene rings is 1. The second-order valence-electron chi connectivity index (χ2n) is 3.50. The molecule has 1 heterocycles. The number of hydrogen-bond donors (Lipinski definition) is 2. The van der Waals surface area contributed by atoms with Gasteiger partial charge in [-0.1, -0.05) is 6.07 Å². The van der Waals surface area contributed by atoms with E-state index in [4.69, 9.17) is 0 Å². The molecule has 0 fully saturated rings. The molecule has 0 aliphatic heterocycles. The van der Waals surface area contributed by atoms with E-state index in [-0.39, 0.29) is 12.1 Å². The van der Waals surface area contributed by atoms with Crippen molar-refractivity contribution in [3.8, 4) is 0 Å². The van der Waals surface area contributed by atoms with Gasteiger partial charge >= 0.3 is 0 Å². The largest absolute Gasteiger partial charge is 0.367 e. The summed E-state index contributed by atoms with van der Waals surface area (Å²) in [6, 6.07) is 5.29. The molecule has 0 aliphatic rings. The molecule has 0 aliphatic carbocycles. The maximum Gasteiger partial charge on any atom is 0.254 e. The molecule has 1 aromatic carbocycles. The Morgan fingerprint density at radius 3 is 2.82 bits per heavy atom. The monoisotopic (exact) mass is 236 g/mol. The number of carbonyl (C=O) groups is 1. The highest BCUT2D eigenvalue weighted by atomic mass is 19.2. The van der Waals surface area contributed by atoms with Crippen molar-refractivity contribution in [3.05, 3.63) is 59.4 Å². The standard InChI is InChI=1S/C12H10F2N2O/c13-10-3-1-2-9(11(10)14)12(17)16-7-8-4-5-15-6-8/h1-6,15H,7H2,(H,16,17). The minimum Gasteiger partial charge on any atom is -0.367 e. The summed E-state index contributed by atoms with van der Waals surface area (Å²) < 4.78 is 26.2. The average Bonchev–Trinajstić information content (AvgIpc) is 2.82. The molecule has 2 rings (SSSR count). The Morgan fingerprint density at radius 1 is 1.29 bits per heavy atom. The van der Waals surface area contributed by atoms with Crippen LogP contribution in [0.2, 0.25) is 0 Å². The van der Waals surface area contributed by atoms with E-state index in [1.165, 1.54) is 12.1 Å². The fourth-order valence-electron chi connectivity index (χ4n) is 1.43. The van der Waals surface area contributed by atoms with E-state index in [2.05, 4.69) is 10.3 Å². The van der Waals surface area contributed by atoms with E-state index in [0.717, 1.165) is 11.6 Å². The molecule has 0 atom stereocenters. The fraction of sp³-hybridized carbons (Fsp3) is 0.0833. The van der Waals surface area contributed by atoms with E-state index in [9.17, 15) is 13.6 Å². The molecule has 88 valence electrons. The smallest absolute Gasteiger partial charge is 0.254 e. The van der Waals surface area contributed by atoms with Crippen LogP contribution >= 0.6 is 0 Å². The van der Waals surface area contributed by atoms with E-state index >= 15 is 0 Å². The van der Waals surface area contributed by atoms with Gasteiger partial charge in [0.1, 0.15) is 0 Å². The van der Waals surface area contributed by atoms with E-state index in [0.29, 0.717) is 0 Å². The summed E-state index contributed by atoms with van der Waals surface area (Å²) in [6.07, 6.45) is 3.42. The predicted octanol–water partition coefficient (Wildman–Crippen LogP) is 2.22.